The van der Waals surface area contributed by atoms with Crippen molar-refractivity contribution in [2.75, 3.05) is 0 Å². The van der Waals surface area contributed by atoms with Gasteiger partial charge in [-0.1, -0.05) is 132 Å². The Morgan fingerprint density at radius 2 is 1.17 bits per heavy atom. The number of para-hydroxylation sites is 3. The molecule has 0 spiro atoms. The zero-order valence-electron chi connectivity index (χ0n) is 34.4. The topological polar surface area (TPSA) is 68.8 Å². The maximum Gasteiger partial charge on any atom is 0.164 e. The molecule has 4 aromatic heterocycles. The maximum atomic E-state index is 11.0. The molecule has 0 unspecified atom stereocenters. The van der Waals surface area contributed by atoms with Crippen LogP contribution in [0.15, 0.2) is 146 Å². The summed E-state index contributed by atoms with van der Waals surface area (Å²) in [5.74, 6) is 0.188. The molecule has 0 atom stereocenters. The normalized spacial score (nSPS) is 11.9. The van der Waals surface area contributed by atoms with Crippen molar-refractivity contribution in [3.8, 4) is 67.5 Å². The molecular formula is C52H46N5OPt-. The Balaban J connectivity index is 0.00000484. The molecule has 9 rings (SSSR count). The van der Waals surface area contributed by atoms with Crippen molar-refractivity contribution in [1.82, 2.24) is 24.1 Å². The van der Waals surface area contributed by atoms with Gasteiger partial charge in [0.2, 0.25) is 0 Å². The van der Waals surface area contributed by atoms with Crippen LogP contribution in [0.1, 0.15) is 52.7 Å². The van der Waals surface area contributed by atoms with Crippen LogP contribution in [0.2, 0.25) is 0 Å². The molecule has 0 radical (unpaired) electrons. The second-order valence-corrected chi connectivity index (χ2v) is 17.3. The molecule has 5 aromatic carbocycles. The second kappa shape index (κ2) is 15.2. The van der Waals surface area contributed by atoms with Gasteiger partial charge in [0.1, 0.15) is 5.75 Å². The van der Waals surface area contributed by atoms with Crippen LogP contribution in [0.4, 0.5) is 0 Å². The molecule has 4 heterocycles. The van der Waals surface area contributed by atoms with Crippen LogP contribution in [0.5, 0.6) is 5.75 Å². The first-order valence-corrected chi connectivity index (χ1v) is 19.8. The summed E-state index contributed by atoms with van der Waals surface area (Å²) in [6, 6.07) is 49.5. The van der Waals surface area contributed by atoms with E-state index in [0.29, 0.717) is 11.3 Å². The second-order valence-electron chi connectivity index (χ2n) is 17.3. The zero-order chi connectivity index (χ0) is 40.3. The number of benzene rings is 5. The van der Waals surface area contributed by atoms with Crippen molar-refractivity contribution < 1.29 is 26.2 Å². The Bertz CT molecular complexity index is 2970. The molecule has 0 aliphatic heterocycles. The van der Waals surface area contributed by atoms with E-state index in [1.807, 2.05) is 56.0 Å². The van der Waals surface area contributed by atoms with E-state index in [-0.39, 0.29) is 37.6 Å². The Morgan fingerprint density at radius 3 is 1.88 bits per heavy atom. The Labute approximate surface area is 360 Å². The van der Waals surface area contributed by atoms with Crippen molar-refractivity contribution in [3.63, 3.8) is 0 Å². The van der Waals surface area contributed by atoms with Gasteiger partial charge in [0.05, 0.1) is 23.1 Å². The third-order valence-electron chi connectivity index (χ3n) is 11.1. The van der Waals surface area contributed by atoms with E-state index < -0.39 is 0 Å². The molecule has 0 saturated heterocycles. The standard InChI is InChI=1S/C52H46N5O.Pt/c1-51(2,3)38-26-36(27-39(31-38)52(4,5)6)37-29-45(55-46(30-37)42-19-11-12-22-47(42)58)35-16-13-15-34(25-35)44-28-33(23-24-53-44)41-20-14-21-43-48(41)57(40-17-9-8-10-18-40)50-49(43)56(7)32-54-50;/h8-24,26-32,58H,1-7H3;/q-1;. The van der Waals surface area contributed by atoms with Crippen LogP contribution in [-0.2, 0) is 38.9 Å². The summed E-state index contributed by atoms with van der Waals surface area (Å²) in [5, 5.41) is 12.2. The summed E-state index contributed by atoms with van der Waals surface area (Å²) < 4.78 is 4.35. The zero-order valence-corrected chi connectivity index (χ0v) is 36.6. The number of rotatable bonds is 6. The SMILES string of the molecule is Cn1cnc2c1c1cccc(-c3ccnc(-c4[c-]c(-c5cc(-c6cc(C(C)(C)C)cc(C(C)(C)C)c6)cc(-c6ccccc6O)n5)ccc4)c3)c1n2-c1ccccc1.[Pt]. The van der Waals surface area contributed by atoms with E-state index >= 15 is 0 Å². The van der Waals surface area contributed by atoms with Gasteiger partial charge in [-0.05, 0) is 75.0 Å². The van der Waals surface area contributed by atoms with Crippen LogP contribution in [-0.4, -0.2) is 29.2 Å². The number of aromatic nitrogens is 5. The van der Waals surface area contributed by atoms with Crippen LogP contribution >= 0.6 is 0 Å². The van der Waals surface area contributed by atoms with Crippen molar-refractivity contribution in [3.05, 3.63) is 163 Å². The fourth-order valence-electron chi connectivity index (χ4n) is 7.87. The maximum absolute atomic E-state index is 11.0. The van der Waals surface area contributed by atoms with Crippen LogP contribution in [0.3, 0.4) is 0 Å². The number of pyridine rings is 2. The average Bonchev–Trinajstić information content (AvgIpc) is 3.77. The van der Waals surface area contributed by atoms with Crippen molar-refractivity contribution in [1.29, 1.82) is 0 Å². The summed E-state index contributed by atoms with van der Waals surface area (Å²) in [6.45, 7) is 13.5. The van der Waals surface area contributed by atoms with Gasteiger partial charge >= 0.3 is 0 Å². The van der Waals surface area contributed by atoms with Crippen LogP contribution in [0, 0.1) is 6.07 Å². The van der Waals surface area contributed by atoms with Crippen LogP contribution in [0.25, 0.3) is 83.8 Å². The first-order chi connectivity index (χ1) is 27.8. The number of nitrogens with zero attached hydrogens (tertiary/aromatic N) is 5. The molecule has 59 heavy (non-hydrogen) atoms. The molecule has 9 aromatic rings. The Hall–Kier alpha value is -6.10. The van der Waals surface area contributed by atoms with Gasteiger partial charge in [-0.15, -0.1) is 24.3 Å². The monoisotopic (exact) mass is 951 g/mol. The molecular weight excluding hydrogens is 906 g/mol. The number of imidazole rings is 1. The van der Waals surface area contributed by atoms with Gasteiger partial charge in [-0.3, -0.25) is 14.5 Å². The average molecular weight is 952 g/mol. The molecule has 7 heteroatoms. The van der Waals surface area contributed by atoms with Gasteiger partial charge < -0.3 is 9.67 Å². The summed E-state index contributed by atoms with van der Waals surface area (Å²) in [7, 11) is 2.05. The minimum Gasteiger partial charge on any atom is -0.507 e. The number of phenolic OH excluding ortho intramolecular Hbond substituents is 1. The number of fused-ring (bicyclic) bond motifs is 3. The summed E-state index contributed by atoms with van der Waals surface area (Å²) in [5.41, 5.74) is 15.5. The predicted molar refractivity (Wildman–Crippen MR) is 238 cm³/mol. The minimum absolute atomic E-state index is 0. The number of hydrogen-bond donors (Lipinski definition) is 1. The predicted octanol–water partition coefficient (Wildman–Crippen LogP) is 12.7. The van der Waals surface area contributed by atoms with Gasteiger partial charge in [0.15, 0.2) is 5.65 Å². The van der Waals surface area contributed by atoms with E-state index in [0.717, 1.165) is 72.5 Å². The van der Waals surface area contributed by atoms with E-state index in [9.17, 15) is 5.11 Å². The number of aryl methyl sites for hydroxylation is 1. The van der Waals surface area contributed by atoms with Crippen molar-refractivity contribution in [2.45, 2.75) is 52.4 Å². The van der Waals surface area contributed by atoms with E-state index in [1.165, 1.54) is 11.1 Å². The molecule has 0 aliphatic rings. The largest absolute Gasteiger partial charge is 0.507 e. The van der Waals surface area contributed by atoms with Crippen molar-refractivity contribution >= 4 is 22.1 Å². The summed E-state index contributed by atoms with van der Waals surface area (Å²) >= 11 is 0. The molecule has 1 N–H and O–H groups in total. The molecule has 0 fully saturated rings. The fourth-order valence-corrected chi connectivity index (χ4v) is 7.87. The Morgan fingerprint density at radius 1 is 0.559 bits per heavy atom. The first-order valence-electron chi connectivity index (χ1n) is 19.8. The van der Waals surface area contributed by atoms with Gasteiger partial charge in [0.25, 0.3) is 0 Å². The van der Waals surface area contributed by atoms with E-state index in [4.69, 9.17) is 15.0 Å². The fraction of sp³-hybridized carbons (Fsp3) is 0.173. The molecule has 0 saturated carbocycles. The van der Waals surface area contributed by atoms with Crippen molar-refractivity contribution in [2.24, 2.45) is 7.05 Å². The van der Waals surface area contributed by atoms with Gasteiger partial charge in [0, 0.05) is 67.9 Å². The summed E-state index contributed by atoms with van der Waals surface area (Å²) in [6.07, 6.45) is 3.76. The van der Waals surface area contributed by atoms with Gasteiger partial charge in [-0.25, -0.2) is 4.98 Å². The Kier molecular flexibility index (Phi) is 10.3. The molecule has 0 aliphatic carbocycles. The van der Waals surface area contributed by atoms with E-state index in [2.05, 4.69) is 148 Å². The quantitative estimate of drug-likeness (QED) is 0.169. The first kappa shape index (κ1) is 39.7. The number of aromatic hydroxyl groups is 1. The van der Waals surface area contributed by atoms with E-state index in [1.54, 1.807) is 6.07 Å². The third-order valence-corrected chi connectivity index (χ3v) is 11.1. The van der Waals surface area contributed by atoms with Gasteiger partial charge in [-0.2, -0.15) is 0 Å². The van der Waals surface area contributed by atoms with Crippen LogP contribution < -0.4 is 0 Å². The third kappa shape index (κ3) is 7.43. The molecule has 0 bridgehead atoms. The summed E-state index contributed by atoms with van der Waals surface area (Å²) in [4.78, 5) is 14.9. The molecule has 6 nitrogen and oxygen atoms in total. The smallest absolute Gasteiger partial charge is 0.164 e. The number of hydrogen-bond acceptors (Lipinski definition) is 4. The number of phenols is 1. The minimum atomic E-state index is -0.0451. The molecule has 296 valence electrons. The molecule has 0 amide bonds.